The van der Waals surface area contributed by atoms with Crippen LogP contribution in [0.5, 0.6) is 17.2 Å². The third-order valence-corrected chi connectivity index (χ3v) is 5.44. The molecule has 1 N–H and O–H groups in total. The fourth-order valence-corrected chi connectivity index (χ4v) is 3.72. The molecular weight excluding hydrogens is 398 g/mol. The molecule has 7 nitrogen and oxygen atoms in total. The van der Waals surface area contributed by atoms with Crippen molar-refractivity contribution < 1.29 is 28.5 Å². The molecule has 0 heterocycles. The van der Waals surface area contributed by atoms with Crippen molar-refractivity contribution in [1.29, 1.82) is 0 Å². The molecule has 0 bridgehead atoms. The summed E-state index contributed by atoms with van der Waals surface area (Å²) in [6, 6.07) is 11.8. The second-order valence-electron chi connectivity index (χ2n) is 7.50. The average Bonchev–Trinajstić information content (AvgIpc) is 2.82. The maximum absolute atomic E-state index is 13.3. The van der Waals surface area contributed by atoms with Gasteiger partial charge in [-0.1, -0.05) is 19.3 Å². The summed E-state index contributed by atoms with van der Waals surface area (Å²) in [5.41, 5.74) is 0.869. The number of carbonyl (C=O) groups excluding carboxylic acids is 2. The number of methoxy groups -OCH3 is 3. The fourth-order valence-electron chi connectivity index (χ4n) is 3.72. The van der Waals surface area contributed by atoms with Crippen LogP contribution in [0.2, 0.25) is 0 Å². The predicted molar refractivity (Wildman–Crippen MR) is 116 cm³/mol. The number of amides is 1. The molecule has 7 heteroatoms. The molecule has 0 saturated heterocycles. The van der Waals surface area contributed by atoms with Gasteiger partial charge in [0.05, 0.1) is 21.3 Å². The molecule has 1 aliphatic carbocycles. The van der Waals surface area contributed by atoms with Crippen LogP contribution in [-0.2, 0) is 4.74 Å². The van der Waals surface area contributed by atoms with Gasteiger partial charge in [0.25, 0.3) is 0 Å². The van der Waals surface area contributed by atoms with Crippen LogP contribution in [-0.4, -0.2) is 39.2 Å². The molecule has 1 atom stereocenters. The van der Waals surface area contributed by atoms with Gasteiger partial charge in [0, 0.05) is 23.2 Å². The number of nitrogens with one attached hydrogen (secondary N) is 1. The first-order valence-corrected chi connectivity index (χ1v) is 10.4. The van der Waals surface area contributed by atoms with Crippen molar-refractivity contribution in [3.05, 3.63) is 53.6 Å². The summed E-state index contributed by atoms with van der Waals surface area (Å²) in [5, 5.41) is 2.90. The Bertz CT molecular complexity index is 867. The number of hydrogen-bond donors (Lipinski definition) is 1. The molecule has 1 amide bonds. The van der Waals surface area contributed by atoms with Gasteiger partial charge in [-0.3, -0.25) is 4.79 Å². The summed E-state index contributed by atoms with van der Waals surface area (Å²) in [5.74, 6) is 1.28. The maximum atomic E-state index is 13.3. The van der Waals surface area contributed by atoms with E-state index in [1.807, 2.05) is 0 Å². The molecule has 1 aliphatic rings. The van der Waals surface area contributed by atoms with Gasteiger partial charge in [-0.05, 0) is 49.2 Å². The summed E-state index contributed by atoms with van der Waals surface area (Å²) in [7, 11) is 4.60. The lowest BCUT2D eigenvalue weighted by Crippen LogP contribution is -2.38. The van der Waals surface area contributed by atoms with Crippen molar-refractivity contribution in [2.75, 3.05) is 21.3 Å². The Labute approximate surface area is 182 Å². The highest BCUT2D eigenvalue weighted by Crippen LogP contribution is 2.31. The molecule has 0 spiro atoms. The van der Waals surface area contributed by atoms with Gasteiger partial charge in [0.2, 0.25) is 5.78 Å². The Balaban J connectivity index is 1.88. The standard InChI is InChI=1S/C24H29NO6/c1-28-19-11-9-16(10-12-19)22(26)23(17-13-20(29-2)15-21(14-17)30-3)31-24(27)25-18-7-5-4-6-8-18/h9-15,18,23H,4-8H2,1-3H3,(H,25,27). The van der Waals surface area contributed by atoms with Gasteiger partial charge in [-0.2, -0.15) is 0 Å². The Morgan fingerprint density at radius 1 is 0.839 bits per heavy atom. The van der Waals surface area contributed by atoms with Crippen molar-refractivity contribution in [2.24, 2.45) is 0 Å². The van der Waals surface area contributed by atoms with Gasteiger partial charge >= 0.3 is 6.09 Å². The highest BCUT2D eigenvalue weighted by molar-refractivity contribution is 6.01. The van der Waals surface area contributed by atoms with E-state index < -0.39 is 12.2 Å². The smallest absolute Gasteiger partial charge is 0.408 e. The lowest BCUT2D eigenvalue weighted by Gasteiger charge is -2.24. The fraction of sp³-hybridized carbons (Fsp3) is 0.417. The number of hydrogen-bond acceptors (Lipinski definition) is 6. The highest BCUT2D eigenvalue weighted by Gasteiger charge is 2.29. The minimum atomic E-state index is -1.15. The second kappa shape index (κ2) is 10.7. The minimum absolute atomic E-state index is 0.0674. The molecular formula is C24H29NO6. The zero-order chi connectivity index (χ0) is 22.2. The first-order valence-electron chi connectivity index (χ1n) is 10.4. The zero-order valence-electron chi connectivity index (χ0n) is 18.2. The Hall–Kier alpha value is -3.22. The van der Waals surface area contributed by atoms with E-state index in [2.05, 4.69) is 5.32 Å². The number of rotatable bonds is 8. The van der Waals surface area contributed by atoms with E-state index in [9.17, 15) is 9.59 Å². The molecule has 166 valence electrons. The van der Waals surface area contributed by atoms with E-state index >= 15 is 0 Å². The first kappa shape index (κ1) is 22.5. The number of carbonyl (C=O) groups is 2. The topological polar surface area (TPSA) is 83.1 Å². The molecule has 31 heavy (non-hydrogen) atoms. The molecule has 1 unspecified atom stereocenters. The Morgan fingerprint density at radius 3 is 1.97 bits per heavy atom. The van der Waals surface area contributed by atoms with E-state index in [1.54, 1.807) is 49.6 Å². The number of Topliss-reactive ketones (excluding diaryl/α,β-unsaturated/α-hetero) is 1. The average molecular weight is 427 g/mol. The SMILES string of the molecule is COc1ccc(C(=O)C(OC(=O)NC2CCCCC2)c2cc(OC)cc(OC)c2)cc1. The van der Waals surface area contributed by atoms with Crippen molar-refractivity contribution >= 4 is 11.9 Å². The molecule has 3 rings (SSSR count). The van der Waals surface area contributed by atoms with Gasteiger partial charge in [-0.25, -0.2) is 4.79 Å². The van der Waals surface area contributed by atoms with Crippen molar-refractivity contribution in [2.45, 2.75) is 44.2 Å². The van der Waals surface area contributed by atoms with Gasteiger partial charge in [0.15, 0.2) is 6.10 Å². The lowest BCUT2D eigenvalue weighted by molar-refractivity contribution is 0.0612. The highest BCUT2D eigenvalue weighted by atomic mass is 16.6. The van der Waals surface area contributed by atoms with Crippen LogP contribution >= 0.6 is 0 Å². The number of benzene rings is 2. The summed E-state index contributed by atoms with van der Waals surface area (Å²) in [4.78, 5) is 26.0. The molecule has 1 saturated carbocycles. The summed E-state index contributed by atoms with van der Waals surface area (Å²) in [6.45, 7) is 0. The largest absolute Gasteiger partial charge is 0.497 e. The number of ether oxygens (including phenoxy) is 4. The predicted octanol–water partition coefficient (Wildman–Crippen LogP) is 4.70. The second-order valence-corrected chi connectivity index (χ2v) is 7.50. The normalized spacial score (nSPS) is 14.9. The third kappa shape index (κ3) is 5.90. The molecule has 2 aromatic carbocycles. The van der Waals surface area contributed by atoms with Crippen LogP contribution in [0.1, 0.15) is 54.1 Å². The van der Waals surface area contributed by atoms with Crippen molar-refractivity contribution in [3.63, 3.8) is 0 Å². The summed E-state index contributed by atoms with van der Waals surface area (Å²) >= 11 is 0. The van der Waals surface area contributed by atoms with Gasteiger partial charge in [0.1, 0.15) is 17.2 Å². The van der Waals surface area contributed by atoms with E-state index in [0.717, 1.165) is 25.7 Å². The van der Waals surface area contributed by atoms with Crippen LogP contribution < -0.4 is 19.5 Å². The van der Waals surface area contributed by atoms with E-state index in [4.69, 9.17) is 18.9 Å². The summed E-state index contributed by atoms with van der Waals surface area (Å²) in [6.07, 6.45) is 3.40. The van der Waals surface area contributed by atoms with Crippen LogP contribution in [0.4, 0.5) is 4.79 Å². The van der Waals surface area contributed by atoms with E-state index in [0.29, 0.717) is 28.4 Å². The number of ketones is 1. The van der Waals surface area contributed by atoms with Gasteiger partial charge in [-0.15, -0.1) is 0 Å². The number of alkyl carbamates (subject to hydrolysis) is 1. The van der Waals surface area contributed by atoms with Crippen molar-refractivity contribution in [3.8, 4) is 17.2 Å². The van der Waals surface area contributed by atoms with Crippen LogP contribution in [0.15, 0.2) is 42.5 Å². The van der Waals surface area contributed by atoms with Gasteiger partial charge < -0.3 is 24.3 Å². The lowest BCUT2D eigenvalue weighted by atomic mass is 9.96. The molecule has 0 aromatic heterocycles. The quantitative estimate of drug-likeness (QED) is 0.615. The van der Waals surface area contributed by atoms with E-state index in [1.165, 1.54) is 20.6 Å². The Morgan fingerprint density at radius 2 is 1.42 bits per heavy atom. The molecule has 0 aliphatic heterocycles. The third-order valence-electron chi connectivity index (χ3n) is 5.44. The zero-order valence-corrected chi connectivity index (χ0v) is 18.2. The molecule has 2 aromatic rings. The Kier molecular flexibility index (Phi) is 7.76. The maximum Gasteiger partial charge on any atom is 0.408 e. The first-order chi connectivity index (χ1) is 15.0. The monoisotopic (exact) mass is 427 g/mol. The van der Waals surface area contributed by atoms with Crippen LogP contribution in [0.25, 0.3) is 0 Å². The van der Waals surface area contributed by atoms with Crippen LogP contribution in [0.3, 0.4) is 0 Å². The van der Waals surface area contributed by atoms with Crippen molar-refractivity contribution in [1.82, 2.24) is 5.32 Å². The van der Waals surface area contributed by atoms with E-state index in [-0.39, 0.29) is 11.8 Å². The molecule has 0 radical (unpaired) electrons. The summed E-state index contributed by atoms with van der Waals surface area (Å²) < 4.78 is 21.5. The minimum Gasteiger partial charge on any atom is -0.497 e. The molecule has 1 fully saturated rings. The van der Waals surface area contributed by atoms with Crippen LogP contribution in [0, 0.1) is 0 Å².